The second-order valence-corrected chi connectivity index (χ2v) is 11.8. The van der Waals surface area contributed by atoms with Gasteiger partial charge in [-0.1, -0.05) is 18.6 Å². The maximum absolute atomic E-state index is 15.4. The first-order valence-electron chi connectivity index (χ1n) is 15.2. The lowest BCUT2D eigenvalue weighted by molar-refractivity contribution is -0.275. The van der Waals surface area contributed by atoms with Gasteiger partial charge in [-0.3, -0.25) is 9.56 Å². The maximum atomic E-state index is 15.4. The second kappa shape index (κ2) is 13.9. The van der Waals surface area contributed by atoms with Crippen molar-refractivity contribution in [2.75, 3.05) is 6.54 Å². The van der Waals surface area contributed by atoms with Gasteiger partial charge in [0, 0.05) is 41.8 Å². The van der Waals surface area contributed by atoms with Crippen LogP contribution < -0.4 is 32.9 Å². The van der Waals surface area contributed by atoms with E-state index in [1.165, 1.54) is 10.6 Å². The molecule has 0 bridgehead atoms. The van der Waals surface area contributed by atoms with Gasteiger partial charge in [0.05, 0.1) is 11.4 Å². The molecule has 3 heterocycles. The number of alkyl halides is 3. The summed E-state index contributed by atoms with van der Waals surface area (Å²) in [5.41, 5.74) is 18.4. The number of nitrogens with two attached hydrogens (primary N) is 3. The number of aromatic amines is 1. The number of hydrogen-bond acceptors (Lipinski definition) is 6. The smallest absolute Gasteiger partial charge is 0.403 e. The van der Waals surface area contributed by atoms with Gasteiger partial charge >= 0.3 is 12.1 Å². The number of nitrogens with zero attached hydrogens (tertiary/aromatic N) is 3. The third-order valence-corrected chi connectivity index (χ3v) is 8.08. The molecule has 0 spiro atoms. The summed E-state index contributed by atoms with van der Waals surface area (Å²) < 4.78 is 60.1. The monoisotopic (exact) mass is 642 g/mol. The molecule has 0 amide bonds. The Morgan fingerprint density at radius 3 is 2.63 bits per heavy atom. The van der Waals surface area contributed by atoms with Crippen LogP contribution in [0.1, 0.15) is 62.6 Å². The quantitative estimate of drug-likeness (QED) is 0.0880. The van der Waals surface area contributed by atoms with Gasteiger partial charge in [0.25, 0.3) is 0 Å². The standard InChI is InChI=1S/C32H38F4N8O2/c1-18(37)4-2-5-19-14-24(28(33)27(15-19)46-32(34,35)36)26-16-21-17-44(31(45)43-29(21)42-26)23-10-8-20(9-11-23)25-7-3-6-22(41-25)12-13-40-30(38)39/h8-11,14-18,22,25,41H,2-7,12-13,37H2,1H3,(H4,38,39,40)(H,42,43,45)/t18-,22-,25-/m0/s1. The van der Waals surface area contributed by atoms with E-state index < -0.39 is 23.6 Å². The number of hydrogen-bond donors (Lipinski definition) is 5. The SMILES string of the molecule is C[C@H](N)CCCc1cc(OC(F)(F)F)c(F)c(-c2cc3cn(-c4ccc([C@@H]5CCC[C@@H](CCN=C(N)N)N5)cc4)c(=O)nc3[nH]2)c1. The van der Waals surface area contributed by atoms with Crippen LogP contribution in [0.25, 0.3) is 28.0 Å². The molecule has 0 radical (unpaired) electrons. The summed E-state index contributed by atoms with van der Waals surface area (Å²) in [4.78, 5) is 24.1. The van der Waals surface area contributed by atoms with E-state index in [1.54, 1.807) is 12.3 Å². The average molecular weight is 643 g/mol. The summed E-state index contributed by atoms with van der Waals surface area (Å²) in [6, 6.07) is 12.0. The number of fused-ring (bicyclic) bond motifs is 1. The fourth-order valence-electron chi connectivity index (χ4n) is 5.87. The molecular formula is C32H38F4N8O2. The molecule has 246 valence electrons. The Balaban J connectivity index is 1.40. The van der Waals surface area contributed by atoms with Gasteiger partial charge in [0.15, 0.2) is 17.5 Å². The molecular weight excluding hydrogens is 604 g/mol. The Bertz CT molecular complexity index is 1740. The summed E-state index contributed by atoms with van der Waals surface area (Å²) >= 11 is 0. The Morgan fingerprint density at radius 2 is 1.93 bits per heavy atom. The minimum absolute atomic E-state index is 0.0801. The van der Waals surface area contributed by atoms with E-state index in [2.05, 4.69) is 25.0 Å². The van der Waals surface area contributed by atoms with Crippen molar-refractivity contribution in [2.45, 2.75) is 76.4 Å². The molecule has 2 aromatic carbocycles. The highest BCUT2D eigenvalue weighted by Crippen LogP contribution is 2.35. The summed E-state index contributed by atoms with van der Waals surface area (Å²) in [6.45, 7) is 2.39. The van der Waals surface area contributed by atoms with E-state index in [-0.39, 0.29) is 41.0 Å². The molecule has 14 heteroatoms. The van der Waals surface area contributed by atoms with Crippen LogP contribution in [0.2, 0.25) is 0 Å². The van der Waals surface area contributed by atoms with Crippen LogP contribution >= 0.6 is 0 Å². The van der Waals surface area contributed by atoms with Gasteiger partial charge in [0.2, 0.25) is 0 Å². The topological polar surface area (TPSA) is 162 Å². The summed E-state index contributed by atoms with van der Waals surface area (Å²) in [5, 5.41) is 4.12. The molecule has 0 saturated carbocycles. The highest BCUT2D eigenvalue weighted by Gasteiger charge is 2.33. The number of guanidine groups is 1. The number of aromatic nitrogens is 3. The third-order valence-electron chi connectivity index (χ3n) is 8.08. The third kappa shape index (κ3) is 8.23. The number of ether oxygens (including phenoxy) is 1. The van der Waals surface area contributed by atoms with E-state index in [9.17, 15) is 18.0 Å². The predicted molar refractivity (Wildman–Crippen MR) is 169 cm³/mol. The van der Waals surface area contributed by atoms with E-state index in [4.69, 9.17) is 17.2 Å². The number of benzene rings is 2. The minimum Gasteiger partial charge on any atom is -0.403 e. The zero-order valence-electron chi connectivity index (χ0n) is 25.4. The Morgan fingerprint density at radius 1 is 1.17 bits per heavy atom. The van der Waals surface area contributed by atoms with Gasteiger partial charge < -0.3 is 32.2 Å². The van der Waals surface area contributed by atoms with Crippen LogP contribution in [0.3, 0.4) is 0 Å². The first-order chi connectivity index (χ1) is 21.9. The van der Waals surface area contributed by atoms with Crippen LogP contribution in [0.5, 0.6) is 5.75 Å². The van der Waals surface area contributed by atoms with Crippen molar-refractivity contribution in [3.8, 4) is 22.7 Å². The zero-order chi connectivity index (χ0) is 33.0. The van der Waals surface area contributed by atoms with E-state index in [0.29, 0.717) is 42.4 Å². The van der Waals surface area contributed by atoms with Gasteiger partial charge in [0.1, 0.15) is 5.65 Å². The highest BCUT2D eigenvalue weighted by molar-refractivity contribution is 5.83. The molecule has 5 rings (SSSR count). The van der Waals surface area contributed by atoms with Crippen molar-refractivity contribution < 1.29 is 22.3 Å². The number of nitrogens with one attached hydrogen (secondary N) is 2. The van der Waals surface area contributed by atoms with E-state index in [0.717, 1.165) is 37.3 Å². The Kier molecular flexibility index (Phi) is 9.97. The van der Waals surface area contributed by atoms with Crippen molar-refractivity contribution in [3.63, 3.8) is 0 Å². The first-order valence-corrected chi connectivity index (χ1v) is 15.2. The lowest BCUT2D eigenvalue weighted by atomic mass is 9.92. The Hall–Kier alpha value is -4.43. The van der Waals surface area contributed by atoms with Crippen LogP contribution in [0, 0.1) is 5.82 Å². The molecule has 1 saturated heterocycles. The summed E-state index contributed by atoms with van der Waals surface area (Å²) in [6.07, 6.45) is 1.98. The van der Waals surface area contributed by atoms with Gasteiger partial charge in [-0.2, -0.15) is 4.98 Å². The first kappa shape index (κ1) is 32.9. The number of rotatable bonds is 11. The average Bonchev–Trinajstić information content (AvgIpc) is 3.40. The summed E-state index contributed by atoms with van der Waals surface area (Å²) in [5.74, 6) is -2.03. The highest BCUT2D eigenvalue weighted by atomic mass is 19.4. The summed E-state index contributed by atoms with van der Waals surface area (Å²) in [7, 11) is 0. The minimum atomic E-state index is -5.08. The van der Waals surface area contributed by atoms with Crippen LogP contribution in [0.15, 0.2) is 58.4 Å². The molecule has 3 atom stereocenters. The van der Waals surface area contributed by atoms with Crippen molar-refractivity contribution >= 4 is 17.0 Å². The van der Waals surface area contributed by atoms with Crippen molar-refractivity contribution in [2.24, 2.45) is 22.2 Å². The lowest BCUT2D eigenvalue weighted by Gasteiger charge is -2.31. The fourth-order valence-corrected chi connectivity index (χ4v) is 5.87. The van der Waals surface area contributed by atoms with Crippen LogP contribution in [-0.2, 0) is 6.42 Å². The Labute approximate surface area is 263 Å². The molecule has 8 N–H and O–H groups in total. The largest absolute Gasteiger partial charge is 0.573 e. The molecule has 2 aromatic heterocycles. The number of aliphatic imine (C=N–C) groups is 1. The number of H-pyrrole nitrogens is 1. The van der Waals surface area contributed by atoms with Crippen molar-refractivity contribution in [3.05, 3.63) is 76.1 Å². The van der Waals surface area contributed by atoms with E-state index >= 15 is 4.39 Å². The lowest BCUT2D eigenvalue weighted by Crippen LogP contribution is -2.37. The molecule has 4 aromatic rings. The molecule has 0 unspecified atom stereocenters. The zero-order valence-corrected chi connectivity index (χ0v) is 25.4. The fraction of sp³-hybridized carbons (Fsp3) is 0.406. The van der Waals surface area contributed by atoms with Gasteiger partial charge in [-0.25, -0.2) is 9.18 Å². The molecule has 0 aliphatic carbocycles. The normalized spacial score (nSPS) is 17.6. The number of piperidine rings is 1. The van der Waals surface area contributed by atoms with Crippen LogP contribution in [-0.4, -0.2) is 45.5 Å². The van der Waals surface area contributed by atoms with Gasteiger partial charge in [-0.15, -0.1) is 13.2 Å². The number of halogens is 4. The van der Waals surface area contributed by atoms with Gasteiger partial charge in [-0.05, 0) is 86.9 Å². The molecule has 46 heavy (non-hydrogen) atoms. The van der Waals surface area contributed by atoms with E-state index in [1.807, 2.05) is 31.2 Å². The molecule has 10 nitrogen and oxygen atoms in total. The predicted octanol–water partition coefficient (Wildman–Crippen LogP) is 4.94. The second-order valence-electron chi connectivity index (χ2n) is 11.8. The van der Waals surface area contributed by atoms with Crippen molar-refractivity contribution in [1.82, 2.24) is 19.9 Å². The molecule has 1 aliphatic rings. The number of aryl methyl sites for hydroxylation is 1. The molecule has 1 fully saturated rings. The van der Waals surface area contributed by atoms with Crippen LogP contribution in [0.4, 0.5) is 17.6 Å². The van der Waals surface area contributed by atoms with Crippen molar-refractivity contribution in [1.29, 1.82) is 0 Å². The maximum Gasteiger partial charge on any atom is 0.573 e. The molecule has 1 aliphatic heterocycles.